The van der Waals surface area contributed by atoms with Crippen molar-refractivity contribution in [3.8, 4) is 0 Å². The minimum absolute atomic E-state index is 0.0190. The lowest BCUT2D eigenvalue weighted by atomic mass is 9.99. The van der Waals surface area contributed by atoms with Crippen LogP contribution in [0, 0.1) is 0 Å². The molecule has 3 heteroatoms. The van der Waals surface area contributed by atoms with Crippen LogP contribution in [-0.2, 0) is 4.79 Å². The average molecular weight is 257 g/mol. The number of carbonyl (C=O) groups excluding carboxylic acids is 1. The van der Waals surface area contributed by atoms with Gasteiger partial charge in [-0.15, -0.1) is 0 Å². The van der Waals surface area contributed by atoms with E-state index in [1.54, 1.807) is 0 Å². The normalized spacial score (nSPS) is 12.3. The summed E-state index contributed by atoms with van der Waals surface area (Å²) in [5, 5.41) is 14.0. The van der Waals surface area contributed by atoms with E-state index in [1.165, 1.54) is 10.8 Å². The minimum atomic E-state index is -0.0303. The average Bonchev–Trinajstić information content (AvgIpc) is 2.44. The summed E-state index contributed by atoms with van der Waals surface area (Å²) in [5.74, 6) is -0.0190. The second-order valence-electron chi connectivity index (χ2n) is 4.68. The van der Waals surface area contributed by atoms with E-state index in [1.807, 2.05) is 31.2 Å². The van der Waals surface area contributed by atoms with Crippen LogP contribution in [0.4, 0.5) is 0 Å². The van der Waals surface area contributed by atoms with Gasteiger partial charge in [0.15, 0.2) is 0 Å². The molecular formula is C16H19NO2. The van der Waals surface area contributed by atoms with Crippen LogP contribution in [-0.4, -0.2) is 17.6 Å². The molecule has 1 atom stereocenters. The van der Waals surface area contributed by atoms with Gasteiger partial charge in [0.2, 0.25) is 5.91 Å². The van der Waals surface area contributed by atoms with Gasteiger partial charge in [-0.05, 0) is 29.7 Å². The summed E-state index contributed by atoms with van der Waals surface area (Å²) in [5.41, 5.74) is 1.12. The van der Waals surface area contributed by atoms with Crippen molar-refractivity contribution in [3.05, 3.63) is 48.0 Å². The zero-order chi connectivity index (χ0) is 13.7. The van der Waals surface area contributed by atoms with Gasteiger partial charge in [-0.2, -0.15) is 0 Å². The van der Waals surface area contributed by atoms with E-state index in [2.05, 4.69) is 23.5 Å². The Bertz CT molecular complexity index is 560. The van der Waals surface area contributed by atoms with Crippen molar-refractivity contribution < 1.29 is 9.90 Å². The highest BCUT2D eigenvalue weighted by molar-refractivity contribution is 5.86. The number of nitrogens with one attached hydrogen (secondary N) is 1. The number of hydrogen-bond acceptors (Lipinski definition) is 2. The maximum absolute atomic E-state index is 11.7. The SMILES string of the molecule is CC(NC(=O)CCCO)c1cccc2ccccc12. The largest absolute Gasteiger partial charge is 0.396 e. The second-order valence-corrected chi connectivity index (χ2v) is 4.68. The molecule has 0 fully saturated rings. The number of amides is 1. The molecule has 0 saturated heterocycles. The molecule has 2 N–H and O–H groups in total. The second kappa shape index (κ2) is 6.34. The first kappa shape index (κ1) is 13.6. The Morgan fingerprint density at radius 3 is 2.74 bits per heavy atom. The number of benzene rings is 2. The Balaban J connectivity index is 2.17. The molecule has 2 rings (SSSR count). The van der Waals surface area contributed by atoms with Gasteiger partial charge in [-0.3, -0.25) is 4.79 Å². The van der Waals surface area contributed by atoms with Crippen molar-refractivity contribution in [1.82, 2.24) is 5.32 Å². The van der Waals surface area contributed by atoms with Gasteiger partial charge in [-0.1, -0.05) is 42.5 Å². The van der Waals surface area contributed by atoms with Crippen LogP contribution >= 0.6 is 0 Å². The number of fused-ring (bicyclic) bond motifs is 1. The van der Waals surface area contributed by atoms with Crippen LogP contribution < -0.4 is 5.32 Å². The molecule has 0 spiro atoms. The highest BCUT2D eigenvalue weighted by Gasteiger charge is 2.11. The molecule has 0 heterocycles. The molecule has 100 valence electrons. The molecule has 0 aliphatic carbocycles. The smallest absolute Gasteiger partial charge is 0.220 e. The number of carbonyl (C=O) groups is 1. The maximum Gasteiger partial charge on any atom is 0.220 e. The Morgan fingerprint density at radius 1 is 1.21 bits per heavy atom. The molecule has 1 amide bonds. The highest BCUT2D eigenvalue weighted by atomic mass is 16.3. The minimum Gasteiger partial charge on any atom is -0.396 e. The summed E-state index contributed by atoms with van der Waals surface area (Å²) in [4.78, 5) is 11.7. The molecule has 2 aromatic carbocycles. The lowest BCUT2D eigenvalue weighted by Gasteiger charge is -2.16. The molecule has 0 aromatic heterocycles. The molecule has 0 saturated carbocycles. The van der Waals surface area contributed by atoms with E-state index in [0.29, 0.717) is 12.8 Å². The lowest BCUT2D eigenvalue weighted by Crippen LogP contribution is -2.26. The van der Waals surface area contributed by atoms with Crippen molar-refractivity contribution in [1.29, 1.82) is 0 Å². The van der Waals surface area contributed by atoms with Crippen molar-refractivity contribution in [2.75, 3.05) is 6.61 Å². The standard InChI is InChI=1S/C16H19NO2/c1-12(17-16(19)10-5-11-18)14-9-4-7-13-6-2-3-8-15(13)14/h2-4,6-9,12,18H,5,10-11H2,1H3,(H,17,19). The third kappa shape index (κ3) is 3.32. The Hall–Kier alpha value is -1.87. The summed E-state index contributed by atoms with van der Waals surface area (Å²) >= 11 is 0. The Labute approximate surface area is 113 Å². The highest BCUT2D eigenvalue weighted by Crippen LogP contribution is 2.24. The number of aliphatic hydroxyl groups is 1. The zero-order valence-electron chi connectivity index (χ0n) is 11.1. The van der Waals surface area contributed by atoms with Gasteiger partial charge < -0.3 is 10.4 Å². The fourth-order valence-corrected chi connectivity index (χ4v) is 2.26. The summed E-state index contributed by atoms with van der Waals surface area (Å²) in [6.07, 6.45) is 0.875. The van der Waals surface area contributed by atoms with Crippen LogP contribution in [0.5, 0.6) is 0 Å². The third-order valence-electron chi connectivity index (χ3n) is 3.23. The summed E-state index contributed by atoms with van der Waals surface area (Å²) in [6, 6.07) is 14.2. The maximum atomic E-state index is 11.7. The Morgan fingerprint density at radius 2 is 1.95 bits per heavy atom. The first-order valence-corrected chi connectivity index (χ1v) is 6.60. The molecule has 1 unspecified atom stereocenters. The predicted molar refractivity (Wildman–Crippen MR) is 76.8 cm³/mol. The van der Waals surface area contributed by atoms with E-state index in [0.717, 1.165) is 5.56 Å². The van der Waals surface area contributed by atoms with Gasteiger partial charge in [0.05, 0.1) is 6.04 Å². The fourth-order valence-electron chi connectivity index (χ4n) is 2.26. The summed E-state index contributed by atoms with van der Waals surface area (Å²) in [7, 11) is 0. The summed E-state index contributed by atoms with van der Waals surface area (Å²) in [6.45, 7) is 2.04. The van der Waals surface area contributed by atoms with Crippen molar-refractivity contribution in [2.45, 2.75) is 25.8 Å². The van der Waals surface area contributed by atoms with Crippen LogP contribution in [0.1, 0.15) is 31.4 Å². The molecule has 0 radical (unpaired) electrons. The van der Waals surface area contributed by atoms with Gasteiger partial charge in [0, 0.05) is 13.0 Å². The number of aliphatic hydroxyl groups excluding tert-OH is 1. The van der Waals surface area contributed by atoms with E-state index in [9.17, 15) is 4.79 Å². The first-order chi connectivity index (χ1) is 9.22. The monoisotopic (exact) mass is 257 g/mol. The van der Waals surface area contributed by atoms with Crippen molar-refractivity contribution >= 4 is 16.7 Å². The van der Waals surface area contributed by atoms with Gasteiger partial charge in [0.25, 0.3) is 0 Å². The van der Waals surface area contributed by atoms with E-state index >= 15 is 0 Å². The zero-order valence-corrected chi connectivity index (χ0v) is 11.1. The fraction of sp³-hybridized carbons (Fsp3) is 0.312. The molecule has 2 aromatic rings. The van der Waals surface area contributed by atoms with Crippen LogP contribution in [0.3, 0.4) is 0 Å². The van der Waals surface area contributed by atoms with Crippen molar-refractivity contribution in [2.24, 2.45) is 0 Å². The Kier molecular flexibility index (Phi) is 4.53. The predicted octanol–water partition coefficient (Wildman–Crippen LogP) is 2.79. The van der Waals surface area contributed by atoms with E-state index < -0.39 is 0 Å². The van der Waals surface area contributed by atoms with Crippen LogP contribution in [0.25, 0.3) is 10.8 Å². The molecule has 3 nitrogen and oxygen atoms in total. The molecule has 0 aliphatic rings. The topological polar surface area (TPSA) is 49.3 Å². The van der Waals surface area contributed by atoms with E-state index in [4.69, 9.17) is 5.11 Å². The first-order valence-electron chi connectivity index (χ1n) is 6.60. The summed E-state index contributed by atoms with van der Waals surface area (Å²) < 4.78 is 0. The quantitative estimate of drug-likeness (QED) is 0.865. The molecule has 0 aliphatic heterocycles. The van der Waals surface area contributed by atoms with E-state index in [-0.39, 0.29) is 18.6 Å². The van der Waals surface area contributed by atoms with Gasteiger partial charge in [-0.25, -0.2) is 0 Å². The van der Waals surface area contributed by atoms with Crippen LogP contribution in [0.2, 0.25) is 0 Å². The van der Waals surface area contributed by atoms with Gasteiger partial charge in [0.1, 0.15) is 0 Å². The molecule has 19 heavy (non-hydrogen) atoms. The molecule has 0 bridgehead atoms. The molecular weight excluding hydrogens is 238 g/mol. The number of hydrogen-bond donors (Lipinski definition) is 2. The number of rotatable bonds is 5. The third-order valence-corrected chi connectivity index (χ3v) is 3.23. The van der Waals surface area contributed by atoms with Gasteiger partial charge >= 0.3 is 0 Å². The lowest BCUT2D eigenvalue weighted by molar-refractivity contribution is -0.122. The van der Waals surface area contributed by atoms with Crippen LogP contribution in [0.15, 0.2) is 42.5 Å². The van der Waals surface area contributed by atoms with Crippen molar-refractivity contribution in [3.63, 3.8) is 0 Å².